The standard InChI is InChI=1S/C20H24N2O2S/c1-13-10-17-18-12-16(25(23,24)15-6-4-3-5-7-15)8-9-19(18)22-20(17)11-14(2)21-13/h3-9,12-14,17,20-22H,10-11H2,1-2H3/t13?,14?,17-,20-/m1/s1. The van der Waals surface area contributed by atoms with Gasteiger partial charge < -0.3 is 10.6 Å². The minimum atomic E-state index is -3.48. The second kappa shape index (κ2) is 6.15. The van der Waals surface area contributed by atoms with Gasteiger partial charge in [-0.3, -0.25) is 0 Å². The van der Waals surface area contributed by atoms with Crippen molar-refractivity contribution in [1.82, 2.24) is 5.32 Å². The van der Waals surface area contributed by atoms with Crippen molar-refractivity contribution in [3.63, 3.8) is 0 Å². The Labute approximate surface area is 149 Å². The largest absolute Gasteiger partial charge is 0.381 e. The van der Waals surface area contributed by atoms with Gasteiger partial charge in [-0.25, -0.2) is 8.42 Å². The molecule has 1 saturated heterocycles. The van der Waals surface area contributed by atoms with Gasteiger partial charge >= 0.3 is 0 Å². The Morgan fingerprint density at radius 1 is 0.920 bits per heavy atom. The van der Waals surface area contributed by atoms with Crippen LogP contribution in [0.25, 0.3) is 0 Å². The normalized spacial score (nSPS) is 28.6. The number of benzene rings is 2. The van der Waals surface area contributed by atoms with Gasteiger partial charge in [0.25, 0.3) is 0 Å². The fourth-order valence-corrected chi connectivity index (χ4v) is 5.61. The molecule has 0 aliphatic carbocycles. The molecule has 2 aromatic carbocycles. The summed E-state index contributed by atoms with van der Waals surface area (Å²) in [5.74, 6) is 0.355. The number of sulfone groups is 1. The summed E-state index contributed by atoms with van der Waals surface area (Å²) >= 11 is 0. The van der Waals surface area contributed by atoms with Gasteiger partial charge in [-0.15, -0.1) is 0 Å². The molecule has 2 aromatic rings. The summed E-state index contributed by atoms with van der Waals surface area (Å²) < 4.78 is 25.9. The summed E-state index contributed by atoms with van der Waals surface area (Å²) in [6, 6.07) is 15.5. The first-order valence-electron chi connectivity index (χ1n) is 8.92. The molecule has 25 heavy (non-hydrogen) atoms. The van der Waals surface area contributed by atoms with Crippen LogP contribution in [0.5, 0.6) is 0 Å². The Morgan fingerprint density at radius 3 is 2.40 bits per heavy atom. The molecule has 4 atom stereocenters. The average Bonchev–Trinajstić information content (AvgIpc) is 2.84. The molecule has 2 unspecified atom stereocenters. The monoisotopic (exact) mass is 356 g/mol. The van der Waals surface area contributed by atoms with E-state index in [-0.39, 0.29) is 0 Å². The van der Waals surface area contributed by atoms with E-state index in [4.69, 9.17) is 0 Å². The lowest BCUT2D eigenvalue weighted by Gasteiger charge is -2.18. The Bertz CT molecular complexity index is 880. The minimum Gasteiger partial charge on any atom is -0.381 e. The molecule has 4 rings (SSSR count). The third-order valence-corrected chi connectivity index (χ3v) is 7.16. The third kappa shape index (κ3) is 2.96. The zero-order chi connectivity index (χ0) is 17.6. The fraction of sp³-hybridized carbons (Fsp3) is 0.400. The molecular weight excluding hydrogens is 332 g/mol. The van der Waals surface area contributed by atoms with Gasteiger partial charge in [0.05, 0.1) is 9.79 Å². The van der Waals surface area contributed by atoms with Gasteiger partial charge in [-0.2, -0.15) is 0 Å². The molecule has 4 nitrogen and oxygen atoms in total. The summed E-state index contributed by atoms with van der Waals surface area (Å²) in [5, 5.41) is 7.22. The van der Waals surface area contributed by atoms with Crippen LogP contribution in [0.4, 0.5) is 5.69 Å². The van der Waals surface area contributed by atoms with E-state index in [1.807, 2.05) is 18.2 Å². The van der Waals surface area contributed by atoms with E-state index in [1.165, 1.54) is 0 Å². The van der Waals surface area contributed by atoms with Crippen molar-refractivity contribution < 1.29 is 8.42 Å². The van der Waals surface area contributed by atoms with E-state index in [9.17, 15) is 8.42 Å². The van der Waals surface area contributed by atoms with Crippen molar-refractivity contribution in [1.29, 1.82) is 0 Å². The molecule has 0 spiro atoms. The quantitative estimate of drug-likeness (QED) is 0.864. The van der Waals surface area contributed by atoms with Crippen molar-refractivity contribution in [3.05, 3.63) is 54.1 Å². The molecule has 2 N–H and O–H groups in total. The Morgan fingerprint density at radius 2 is 1.64 bits per heavy atom. The second-order valence-corrected chi connectivity index (χ2v) is 9.31. The van der Waals surface area contributed by atoms with Crippen LogP contribution < -0.4 is 10.6 Å². The van der Waals surface area contributed by atoms with Crippen molar-refractivity contribution in [3.8, 4) is 0 Å². The van der Waals surface area contributed by atoms with Gasteiger partial charge in [-0.05, 0) is 62.6 Å². The van der Waals surface area contributed by atoms with Gasteiger partial charge in [0.15, 0.2) is 0 Å². The predicted octanol–water partition coefficient (Wildman–Crippen LogP) is 3.56. The summed E-state index contributed by atoms with van der Waals surface area (Å²) in [6.07, 6.45) is 2.06. The zero-order valence-electron chi connectivity index (χ0n) is 14.6. The molecule has 2 aliphatic rings. The van der Waals surface area contributed by atoms with E-state index in [0.717, 1.165) is 24.1 Å². The molecule has 2 heterocycles. The highest BCUT2D eigenvalue weighted by Crippen LogP contribution is 2.43. The van der Waals surface area contributed by atoms with Gasteiger partial charge in [0.1, 0.15) is 0 Å². The Kier molecular flexibility index (Phi) is 4.08. The number of rotatable bonds is 2. The molecule has 1 fully saturated rings. The Balaban J connectivity index is 1.74. The highest BCUT2D eigenvalue weighted by atomic mass is 32.2. The number of hydrogen-bond donors (Lipinski definition) is 2. The molecule has 5 heteroatoms. The van der Waals surface area contributed by atoms with Crippen LogP contribution >= 0.6 is 0 Å². The van der Waals surface area contributed by atoms with Crippen molar-refractivity contribution in [2.45, 2.75) is 60.5 Å². The first-order valence-corrected chi connectivity index (χ1v) is 10.4. The fourth-order valence-electron chi connectivity index (χ4n) is 4.30. The lowest BCUT2D eigenvalue weighted by atomic mass is 9.88. The summed E-state index contributed by atoms with van der Waals surface area (Å²) in [4.78, 5) is 0.736. The maximum atomic E-state index is 12.9. The number of fused-ring (bicyclic) bond motifs is 3. The minimum absolute atomic E-state index is 0.349. The lowest BCUT2D eigenvalue weighted by molar-refractivity contribution is 0.468. The van der Waals surface area contributed by atoms with Gasteiger partial charge in [0.2, 0.25) is 9.84 Å². The van der Waals surface area contributed by atoms with Crippen molar-refractivity contribution in [2.24, 2.45) is 0 Å². The third-order valence-electron chi connectivity index (χ3n) is 5.40. The highest BCUT2D eigenvalue weighted by molar-refractivity contribution is 7.91. The zero-order valence-corrected chi connectivity index (χ0v) is 15.4. The van der Waals surface area contributed by atoms with Gasteiger partial charge in [-0.1, -0.05) is 18.2 Å². The molecule has 132 valence electrons. The van der Waals surface area contributed by atoms with E-state index in [1.54, 1.807) is 30.3 Å². The topological polar surface area (TPSA) is 58.2 Å². The van der Waals surface area contributed by atoms with E-state index >= 15 is 0 Å². The van der Waals surface area contributed by atoms with Crippen LogP contribution in [-0.4, -0.2) is 26.5 Å². The first-order chi connectivity index (χ1) is 11.9. The van der Waals surface area contributed by atoms with Crippen LogP contribution in [0.3, 0.4) is 0 Å². The van der Waals surface area contributed by atoms with Crippen LogP contribution in [0.1, 0.15) is 38.2 Å². The van der Waals surface area contributed by atoms with Crippen LogP contribution in [0, 0.1) is 0 Å². The summed E-state index contributed by atoms with van der Waals surface area (Å²) in [7, 11) is -3.48. The summed E-state index contributed by atoms with van der Waals surface area (Å²) in [6.45, 7) is 4.43. The molecule has 0 saturated carbocycles. The van der Waals surface area contributed by atoms with E-state index in [2.05, 4.69) is 24.5 Å². The van der Waals surface area contributed by atoms with Crippen molar-refractivity contribution in [2.75, 3.05) is 5.32 Å². The molecule has 0 amide bonds. The van der Waals surface area contributed by atoms with Crippen LogP contribution in [0.2, 0.25) is 0 Å². The second-order valence-electron chi connectivity index (χ2n) is 7.36. The predicted molar refractivity (Wildman–Crippen MR) is 99.8 cm³/mol. The average molecular weight is 356 g/mol. The lowest BCUT2D eigenvalue weighted by Crippen LogP contribution is -2.33. The Hall–Kier alpha value is -1.85. The molecule has 2 aliphatic heterocycles. The maximum absolute atomic E-state index is 12.9. The molecule has 0 radical (unpaired) electrons. The van der Waals surface area contributed by atoms with E-state index in [0.29, 0.717) is 33.8 Å². The molecule has 0 aromatic heterocycles. The van der Waals surface area contributed by atoms with Gasteiger partial charge in [0, 0.05) is 29.7 Å². The SMILES string of the molecule is CC1C[C@@H]2c3cc(S(=O)(=O)c4ccccc4)ccc3N[C@@H]2CC(C)N1. The van der Waals surface area contributed by atoms with Crippen molar-refractivity contribution >= 4 is 15.5 Å². The number of nitrogens with one attached hydrogen (secondary N) is 2. The summed E-state index contributed by atoms with van der Waals surface area (Å²) in [5.41, 5.74) is 2.23. The number of hydrogen-bond acceptors (Lipinski definition) is 4. The highest BCUT2D eigenvalue weighted by Gasteiger charge is 2.37. The smallest absolute Gasteiger partial charge is 0.206 e. The molecule has 0 bridgehead atoms. The molecular formula is C20H24N2O2S. The number of anilines is 1. The van der Waals surface area contributed by atoms with Crippen LogP contribution in [0.15, 0.2) is 58.3 Å². The maximum Gasteiger partial charge on any atom is 0.206 e. The van der Waals surface area contributed by atoms with E-state index < -0.39 is 9.84 Å². The van der Waals surface area contributed by atoms with Crippen LogP contribution in [-0.2, 0) is 9.84 Å². The first kappa shape index (κ1) is 16.6.